The van der Waals surface area contributed by atoms with Crippen LogP contribution in [0.3, 0.4) is 0 Å². The number of rotatable bonds is 7. The van der Waals surface area contributed by atoms with E-state index in [0.29, 0.717) is 19.1 Å². The van der Waals surface area contributed by atoms with Crippen molar-refractivity contribution in [2.24, 2.45) is 11.7 Å². The van der Waals surface area contributed by atoms with Crippen molar-refractivity contribution in [1.29, 1.82) is 0 Å². The van der Waals surface area contributed by atoms with Gasteiger partial charge in [-0.2, -0.15) is 0 Å². The predicted molar refractivity (Wildman–Crippen MR) is 80.4 cm³/mol. The molecule has 1 aliphatic rings. The molecule has 0 radical (unpaired) electrons. The third kappa shape index (κ3) is 5.41. The predicted octanol–water partition coefficient (Wildman–Crippen LogP) is 3.03. The normalized spacial score (nSPS) is 27.6. The molecule has 0 aromatic heterocycles. The first-order valence-electron chi connectivity index (χ1n) is 8.00. The quantitative estimate of drug-likeness (QED) is 0.730. The average Bonchev–Trinajstić information content (AvgIpc) is 2.38. The largest absolute Gasteiger partial charge is 0.465 e. The lowest BCUT2D eigenvalue weighted by molar-refractivity contribution is -0.151. The van der Waals surface area contributed by atoms with Gasteiger partial charge in [0, 0.05) is 6.42 Å². The van der Waals surface area contributed by atoms with E-state index in [1.54, 1.807) is 13.8 Å². The number of ether oxygens (including phenoxy) is 2. The number of nitrogens with two attached hydrogens (primary N) is 1. The zero-order valence-electron chi connectivity index (χ0n) is 13.5. The van der Waals surface area contributed by atoms with Gasteiger partial charge in [-0.15, -0.1) is 0 Å². The molecule has 118 valence electrons. The Morgan fingerprint density at radius 2 is 2.10 bits per heavy atom. The van der Waals surface area contributed by atoms with Crippen molar-refractivity contribution in [3.63, 3.8) is 0 Å². The second-order valence-corrected chi connectivity index (χ2v) is 6.35. The molecule has 4 unspecified atom stereocenters. The Labute approximate surface area is 123 Å². The van der Waals surface area contributed by atoms with E-state index in [-0.39, 0.29) is 12.1 Å². The van der Waals surface area contributed by atoms with Crippen LogP contribution in [-0.2, 0) is 14.3 Å². The zero-order chi connectivity index (χ0) is 15.2. The van der Waals surface area contributed by atoms with Crippen molar-refractivity contribution in [3.05, 3.63) is 0 Å². The van der Waals surface area contributed by atoms with Gasteiger partial charge in [-0.1, -0.05) is 26.2 Å². The van der Waals surface area contributed by atoms with Crippen LogP contribution in [0.1, 0.15) is 66.2 Å². The first-order valence-corrected chi connectivity index (χ1v) is 8.00. The lowest BCUT2D eigenvalue weighted by Crippen LogP contribution is -2.49. The Morgan fingerprint density at radius 1 is 1.40 bits per heavy atom. The molecule has 2 N–H and O–H groups in total. The third-order valence-electron chi connectivity index (χ3n) is 4.19. The van der Waals surface area contributed by atoms with Crippen LogP contribution in [0.5, 0.6) is 0 Å². The van der Waals surface area contributed by atoms with Crippen LogP contribution in [0.25, 0.3) is 0 Å². The lowest BCUT2D eigenvalue weighted by Gasteiger charge is -2.33. The first-order chi connectivity index (χ1) is 9.39. The van der Waals surface area contributed by atoms with E-state index >= 15 is 0 Å². The van der Waals surface area contributed by atoms with Crippen molar-refractivity contribution in [2.45, 2.75) is 84.0 Å². The summed E-state index contributed by atoms with van der Waals surface area (Å²) in [5.74, 6) is 0.445. The molecule has 0 spiro atoms. The summed E-state index contributed by atoms with van der Waals surface area (Å²) in [6.45, 7) is 8.12. The summed E-state index contributed by atoms with van der Waals surface area (Å²) >= 11 is 0. The van der Waals surface area contributed by atoms with Gasteiger partial charge in [-0.05, 0) is 39.5 Å². The summed E-state index contributed by atoms with van der Waals surface area (Å²) in [5.41, 5.74) is 5.09. The fraction of sp³-hybridized carbons (Fsp3) is 0.938. The molecule has 4 atom stereocenters. The van der Waals surface area contributed by atoms with Crippen molar-refractivity contribution in [3.8, 4) is 0 Å². The number of hydrogen-bond acceptors (Lipinski definition) is 4. The number of carbonyl (C=O) groups excluding carboxylic acids is 1. The Kier molecular flexibility index (Phi) is 6.96. The molecule has 0 bridgehead atoms. The van der Waals surface area contributed by atoms with Gasteiger partial charge in [-0.3, -0.25) is 4.79 Å². The summed E-state index contributed by atoms with van der Waals surface area (Å²) in [5, 5.41) is 0. The van der Waals surface area contributed by atoms with Crippen LogP contribution in [0.2, 0.25) is 0 Å². The van der Waals surface area contributed by atoms with Crippen molar-refractivity contribution in [1.82, 2.24) is 0 Å². The Bertz CT molecular complexity index is 304. The smallest absolute Gasteiger partial charge is 0.325 e. The van der Waals surface area contributed by atoms with Gasteiger partial charge < -0.3 is 15.2 Å². The van der Waals surface area contributed by atoms with E-state index in [0.717, 1.165) is 18.8 Å². The standard InChI is InChI=1S/C16H31NO3/c1-5-13-8-7-9-14(10-13)20-12(3)11-16(4,17)15(18)19-6-2/h12-14H,5-11,17H2,1-4H3. The fourth-order valence-corrected chi connectivity index (χ4v) is 3.09. The number of carbonyl (C=O) groups is 1. The highest BCUT2D eigenvalue weighted by molar-refractivity contribution is 5.80. The van der Waals surface area contributed by atoms with Gasteiger partial charge in [0.1, 0.15) is 5.54 Å². The topological polar surface area (TPSA) is 61.5 Å². The van der Waals surface area contributed by atoms with E-state index in [1.165, 1.54) is 19.3 Å². The number of esters is 1. The molecule has 4 nitrogen and oxygen atoms in total. The van der Waals surface area contributed by atoms with E-state index in [4.69, 9.17) is 15.2 Å². The summed E-state index contributed by atoms with van der Waals surface area (Å²) < 4.78 is 11.1. The van der Waals surface area contributed by atoms with Gasteiger partial charge in [0.25, 0.3) is 0 Å². The highest BCUT2D eigenvalue weighted by Crippen LogP contribution is 2.30. The maximum atomic E-state index is 11.8. The van der Waals surface area contributed by atoms with Crippen LogP contribution in [0.15, 0.2) is 0 Å². The molecule has 4 heteroatoms. The minimum Gasteiger partial charge on any atom is -0.465 e. The van der Waals surface area contributed by atoms with Gasteiger partial charge >= 0.3 is 5.97 Å². The van der Waals surface area contributed by atoms with Crippen LogP contribution in [0, 0.1) is 5.92 Å². The van der Waals surface area contributed by atoms with Crippen LogP contribution in [-0.4, -0.2) is 30.3 Å². The van der Waals surface area contributed by atoms with Crippen molar-refractivity contribution < 1.29 is 14.3 Å². The second kappa shape index (κ2) is 7.99. The molecule has 1 saturated carbocycles. The van der Waals surface area contributed by atoms with Gasteiger partial charge in [0.2, 0.25) is 0 Å². The van der Waals surface area contributed by atoms with Crippen LogP contribution < -0.4 is 5.73 Å². The van der Waals surface area contributed by atoms with E-state index < -0.39 is 5.54 Å². The Hall–Kier alpha value is -0.610. The molecule has 0 aromatic carbocycles. The van der Waals surface area contributed by atoms with Crippen LogP contribution in [0.4, 0.5) is 0 Å². The molecular weight excluding hydrogens is 254 g/mol. The molecule has 1 rings (SSSR count). The SMILES string of the molecule is CCOC(=O)C(C)(N)CC(C)OC1CCCC(CC)C1. The highest BCUT2D eigenvalue weighted by Gasteiger charge is 2.33. The Balaban J connectivity index is 2.42. The van der Waals surface area contributed by atoms with E-state index in [9.17, 15) is 4.79 Å². The average molecular weight is 285 g/mol. The third-order valence-corrected chi connectivity index (χ3v) is 4.19. The molecule has 1 fully saturated rings. The summed E-state index contributed by atoms with van der Waals surface area (Å²) in [6.07, 6.45) is 6.86. The molecule has 0 heterocycles. The summed E-state index contributed by atoms with van der Waals surface area (Å²) in [7, 11) is 0. The summed E-state index contributed by atoms with van der Waals surface area (Å²) in [4.78, 5) is 11.8. The monoisotopic (exact) mass is 285 g/mol. The molecule has 0 amide bonds. The summed E-state index contributed by atoms with van der Waals surface area (Å²) in [6, 6.07) is 0. The lowest BCUT2D eigenvalue weighted by atomic mass is 9.85. The molecule has 0 saturated heterocycles. The molecule has 20 heavy (non-hydrogen) atoms. The van der Waals surface area contributed by atoms with E-state index in [2.05, 4.69) is 6.92 Å². The van der Waals surface area contributed by atoms with Gasteiger partial charge in [0.15, 0.2) is 0 Å². The van der Waals surface area contributed by atoms with Crippen molar-refractivity contribution >= 4 is 5.97 Å². The minimum atomic E-state index is -0.964. The maximum absolute atomic E-state index is 11.8. The zero-order valence-corrected chi connectivity index (χ0v) is 13.5. The molecule has 0 aliphatic heterocycles. The minimum absolute atomic E-state index is 0.0185. The Morgan fingerprint density at radius 3 is 2.70 bits per heavy atom. The van der Waals surface area contributed by atoms with Gasteiger partial charge in [0.05, 0.1) is 18.8 Å². The molecular formula is C16H31NO3. The van der Waals surface area contributed by atoms with Crippen LogP contribution >= 0.6 is 0 Å². The molecule has 1 aliphatic carbocycles. The highest BCUT2D eigenvalue weighted by atomic mass is 16.5. The fourth-order valence-electron chi connectivity index (χ4n) is 3.09. The number of hydrogen-bond donors (Lipinski definition) is 1. The maximum Gasteiger partial charge on any atom is 0.325 e. The van der Waals surface area contributed by atoms with Gasteiger partial charge in [-0.25, -0.2) is 0 Å². The van der Waals surface area contributed by atoms with E-state index in [1.807, 2.05) is 6.92 Å². The van der Waals surface area contributed by atoms with Crippen molar-refractivity contribution in [2.75, 3.05) is 6.61 Å². The second-order valence-electron chi connectivity index (χ2n) is 6.35. The molecule has 0 aromatic rings. The first kappa shape index (κ1) is 17.4.